The Bertz CT molecular complexity index is 390. The first-order valence-electron chi connectivity index (χ1n) is 3.59. The van der Waals surface area contributed by atoms with E-state index >= 15 is 0 Å². The molecule has 0 saturated heterocycles. The second kappa shape index (κ2) is 4.50. The molecule has 1 aromatic rings. The fourth-order valence-electron chi connectivity index (χ4n) is 0.901. The van der Waals surface area contributed by atoms with Crippen molar-refractivity contribution in [2.75, 3.05) is 0 Å². The molecule has 0 aromatic carbocycles. The molecule has 6 heteroatoms. The van der Waals surface area contributed by atoms with Gasteiger partial charge in [0, 0.05) is 0 Å². The van der Waals surface area contributed by atoms with Crippen molar-refractivity contribution < 1.29 is 13.9 Å². The van der Waals surface area contributed by atoms with Gasteiger partial charge < -0.3 is 5.11 Å². The van der Waals surface area contributed by atoms with Gasteiger partial charge in [0.15, 0.2) is 5.75 Å². The smallest absolute Gasteiger partial charge is 0.284 e. The Kier molecular flexibility index (Phi) is 3.57. The van der Waals surface area contributed by atoms with Crippen LogP contribution in [0.5, 0.6) is 5.75 Å². The molecule has 74 valence electrons. The lowest BCUT2D eigenvalue weighted by atomic mass is 10.2. The Morgan fingerprint density at radius 1 is 1.64 bits per heavy atom. The first-order valence-corrected chi connectivity index (χ1v) is 4.67. The SMILES string of the molecule is N#CCc1cc(I)c(O)c(C(F)F)n1. The van der Waals surface area contributed by atoms with Gasteiger partial charge in [-0.2, -0.15) is 5.26 Å². The molecule has 0 fully saturated rings. The lowest BCUT2D eigenvalue weighted by molar-refractivity contribution is 0.141. The lowest BCUT2D eigenvalue weighted by Gasteiger charge is -2.06. The van der Waals surface area contributed by atoms with E-state index in [0.29, 0.717) is 0 Å². The maximum atomic E-state index is 12.3. The zero-order chi connectivity index (χ0) is 10.7. The van der Waals surface area contributed by atoms with Crippen LogP contribution in [0.3, 0.4) is 0 Å². The van der Waals surface area contributed by atoms with Crippen molar-refractivity contribution >= 4 is 22.6 Å². The van der Waals surface area contributed by atoms with Crippen LogP contribution in [0.2, 0.25) is 0 Å². The van der Waals surface area contributed by atoms with Gasteiger partial charge in [-0.25, -0.2) is 13.8 Å². The van der Waals surface area contributed by atoms with Crippen LogP contribution in [0.1, 0.15) is 17.8 Å². The average molecular weight is 310 g/mol. The molecule has 0 saturated carbocycles. The molecule has 0 radical (unpaired) electrons. The number of aromatic hydroxyl groups is 1. The van der Waals surface area contributed by atoms with Crippen molar-refractivity contribution in [2.45, 2.75) is 12.8 Å². The van der Waals surface area contributed by atoms with Gasteiger partial charge in [-0.15, -0.1) is 0 Å². The van der Waals surface area contributed by atoms with Crippen LogP contribution in [-0.2, 0) is 6.42 Å². The number of hydrogen-bond donors (Lipinski definition) is 1. The van der Waals surface area contributed by atoms with E-state index in [1.807, 2.05) is 0 Å². The predicted molar refractivity (Wildman–Crippen MR) is 52.9 cm³/mol. The van der Waals surface area contributed by atoms with Crippen LogP contribution in [0.4, 0.5) is 8.78 Å². The Morgan fingerprint density at radius 2 is 2.29 bits per heavy atom. The normalized spacial score (nSPS) is 10.2. The van der Waals surface area contributed by atoms with Gasteiger partial charge in [-0.3, -0.25) is 0 Å². The molecule has 3 nitrogen and oxygen atoms in total. The number of halogens is 3. The molecule has 0 amide bonds. The Morgan fingerprint density at radius 3 is 2.79 bits per heavy atom. The van der Waals surface area contributed by atoms with Gasteiger partial charge in [-0.05, 0) is 28.7 Å². The van der Waals surface area contributed by atoms with Crippen LogP contribution in [0.25, 0.3) is 0 Å². The van der Waals surface area contributed by atoms with Gasteiger partial charge in [0.05, 0.1) is 21.8 Å². The Labute approximate surface area is 92.5 Å². The summed E-state index contributed by atoms with van der Waals surface area (Å²) in [6, 6.07) is 3.21. The summed E-state index contributed by atoms with van der Waals surface area (Å²) in [5.74, 6) is -0.512. The number of pyridine rings is 1. The number of rotatable bonds is 2. The van der Waals surface area contributed by atoms with Crippen LogP contribution in [-0.4, -0.2) is 10.1 Å². The molecule has 0 atom stereocenters. The van der Waals surface area contributed by atoms with Crippen molar-refractivity contribution in [2.24, 2.45) is 0 Å². The van der Waals surface area contributed by atoms with E-state index in [-0.39, 0.29) is 15.7 Å². The molecule has 0 aliphatic carbocycles. The summed E-state index contributed by atoms with van der Waals surface area (Å²) in [7, 11) is 0. The second-order valence-electron chi connectivity index (χ2n) is 2.46. The summed E-state index contributed by atoms with van der Waals surface area (Å²) in [6.45, 7) is 0. The molecule has 0 bridgehead atoms. The summed E-state index contributed by atoms with van der Waals surface area (Å²) in [5, 5.41) is 17.6. The largest absolute Gasteiger partial charge is 0.505 e. The van der Waals surface area contributed by atoms with Gasteiger partial charge in [-0.1, -0.05) is 0 Å². The molecule has 1 aromatic heterocycles. The highest BCUT2D eigenvalue weighted by molar-refractivity contribution is 14.1. The summed E-state index contributed by atoms with van der Waals surface area (Å²) < 4.78 is 24.9. The Hall–Kier alpha value is -0.970. The van der Waals surface area contributed by atoms with Crippen LogP contribution in [0, 0.1) is 14.9 Å². The van der Waals surface area contributed by atoms with Crippen molar-refractivity contribution in [3.63, 3.8) is 0 Å². The molecule has 14 heavy (non-hydrogen) atoms. The average Bonchev–Trinajstić information content (AvgIpc) is 2.11. The molecular formula is C8H5F2IN2O. The first-order chi connectivity index (χ1) is 6.56. The van der Waals surface area contributed by atoms with E-state index in [4.69, 9.17) is 5.26 Å². The number of hydrogen-bond acceptors (Lipinski definition) is 3. The summed E-state index contributed by atoms with van der Waals surface area (Å²) in [4.78, 5) is 3.50. The molecule has 0 aliphatic rings. The Balaban J connectivity index is 3.22. The third-order valence-electron chi connectivity index (χ3n) is 1.49. The van der Waals surface area contributed by atoms with E-state index in [9.17, 15) is 13.9 Å². The van der Waals surface area contributed by atoms with Gasteiger partial charge >= 0.3 is 0 Å². The second-order valence-corrected chi connectivity index (χ2v) is 3.63. The van der Waals surface area contributed by atoms with Crippen LogP contribution < -0.4 is 0 Å². The van der Waals surface area contributed by atoms with Crippen molar-refractivity contribution in [1.29, 1.82) is 5.26 Å². The zero-order valence-corrected chi connectivity index (χ0v) is 8.99. The lowest BCUT2D eigenvalue weighted by Crippen LogP contribution is -1.98. The third kappa shape index (κ3) is 2.29. The fraction of sp³-hybridized carbons (Fsp3) is 0.250. The third-order valence-corrected chi connectivity index (χ3v) is 2.32. The molecule has 1 rings (SSSR count). The van der Waals surface area contributed by atoms with E-state index in [0.717, 1.165) is 0 Å². The maximum absolute atomic E-state index is 12.3. The quantitative estimate of drug-likeness (QED) is 0.853. The van der Waals surface area contributed by atoms with E-state index < -0.39 is 17.9 Å². The topological polar surface area (TPSA) is 56.9 Å². The number of nitriles is 1. The van der Waals surface area contributed by atoms with Gasteiger partial charge in [0.2, 0.25) is 0 Å². The molecule has 1 N–H and O–H groups in total. The van der Waals surface area contributed by atoms with E-state index in [1.165, 1.54) is 6.07 Å². The fourth-order valence-corrected chi connectivity index (χ4v) is 1.54. The number of aromatic nitrogens is 1. The molecular weight excluding hydrogens is 305 g/mol. The van der Waals surface area contributed by atoms with Crippen molar-refractivity contribution in [1.82, 2.24) is 4.98 Å². The standard InChI is InChI=1S/C8H5F2IN2O/c9-8(10)6-7(14)5(11)3-4(13-6)1-2-12/h3,8,14H,1H2. The van der Waals surface area contributed by atoms with Crippen molar-refractivity contribution in [3.05, 3.63) is 21.0 Å². The highest BCUT2D eigenvalue weighted by Gasteiger charge is 2.18. The van der Waals surface area contributed by atoms with Gasteiger partial charge in [0.1, 0.15) is 5.69 Å². The molecule has 1 heterocycles. The number of nitrogens with zero attached hydrogens (tertiary/aromatic N) is 2. The number of alkyl halides is 2. The zero-order valence-electron chi connectivity index (χ0n) is 6.84. The monoisotopic (exact) mass is 310 g/mol. The minimum absolute atomic E-state index is 0.0456. The summed E-state index contributed by atoms with van der Waals surface area (Å²) >= 11 is 1.72. The predicted octanol–water partition coefficient (Wildman–Crippen LogP) is 2.40. The summed E-state index contributed by atoms with van der Waals surface area (Å²) in [6.07, 6.45) is -2.88. The van der Waals surface area contributed by atoms with Crippen LogP contribution in [0.15, 0.2) is 6.07 Å². The highest BCUT2D eigenvalue weighted by atomic mass is 127. The van der Waals surface area contributed by atoms with Crippen LogP contribution >= 0.6 is 22.6 Å². The molecule has 0 unspecified atom stereocenters. The first kappa shape index (κ1) is 11.1. The molecule has 0 spiro atoms. The molecule has 0 aliphatic heterocycles. The minimum Gasteiger partial charge on any atom is -0.505 e. The maximum Gasteiger partial charge on any atom is 0.284 e. The van der Waals surface area contributed by atoms with Gasteiger partial charge in [0.25, 0.3) is 6.43 Å². The van der Waals surface area contributed by atoms with Crippen molar-refractivity contribution in [3.8, 4) is 11.8 Å². The minimum atomic E-state index is -2.83. The highest BCUT2D eigenvalue weighted by Crippen LogP contribution is 2.30. The summed E-state index contributed by atoms with van der Waals surface area (Å²) in [5.41, 5.74) is -0.424. The van der Waals surface area contributed by atoms with E-state index in [2.05, 4.69) is 4.98 Å². The van der Waals surface area contributed by atoms with E-state index in [1.54, 1.807) is 28.7 Å².